The number of para-hydroxylation sites is 1. The van der Waals surface area contributed by atoms with E-state index in [1.165, 1.54) is 28.8 Å². The van der Waals surface area contributed by atoms with E-state index < -0.39 is 0 Å². The number of fused-ring (bicyclic) bond motifs is 1. The highest BCUT2D eigenvalue weighted by atomic mass is 15.4. The van der Waals surface area contributed by atoms with Gasteiger partial charge in [0, 0.05) is 13.1 Å². The first-order chi connectivity index (χ1) is 9.93. The first-order valence-electron chi connectivity index (χ1n) is 7.68. The van der Waals surface area contributed by atoms with Crippen molar-refractivity contribution in [1.82, 2.24) is 16.1 Å². The molecular weight excluding hydrogens is 248 g/mol. The highest BCUT2D eigenvalue weighted by Crippen LogP contribution is 2.39. The molecule has 1 aromatic rings. The van der Waals surface area contributed by atoms with Gasteiger partial charge < -0.3 is 16.1 Å². The molecule has 1 unspecified atom stereocenters. The highest BCUT2D eigenvalue weighted by molar-refractivity contribution is 5.64. The predicted molar refractivity (Wildman–Crippen MR) is 81.7 cm³/mol. The second-order valence-corrected chi connectivity index (χ2v) is 5.95. The SMILES string of the molecule is C1=C(C2NNc3c2cccc3[C@H]2CCNC2)CNCC1. The summed E-state index contributed by atoms with van der Waals surface area (Å²) in [7, 11) is 0. The number of nitrogens with one attached hydrogen (secondary N) is 4. The van der Waals surface area contributed by atoms with Gasteiger partial charge in [-0.3, -0.25) is 0 Å². The van der Waals surface area contributed by atoms with E-state index in [4.69, 9.17) is 0 Å². The Morgan fingerprint density at radius 1 is 1.05 bits per heavy atom. The van der Waals surface area contributed by atoms with E-state index in [0.29, 0.717) is 12.0 Å². The van der Waals surface area contributed by atoms with Crippen LogP contribution in [0.2, 0.25) is 0 Å². The lowest BCUT2D eigenvalue weighted by atomic mass is 9.90. The van der Waals surface area contributed by atoms with E-state index >= 15 is 0 Å². The van der Waals surface area contributed by atoms with E-state index in [1.807, 2.05) is 0 Å². The van der Waals surface area contributed by atoms with Gasteiger partial charge in [-0.15, -0.1) is 0 Å². The number of benzene rings is 1. The summed E-state index contributed by atoms with van der Waals surface area (Å²) in [6.07, 6.45) is 4.76. The second-order valence-electron chi connectivity index (χ2n) is 5.95. The van der Waals surface area contributed by atoms with Gasteiger partial charge in [0.15, 0.2) is 0 Å². The molecule has 4 rings (SSSR count). The third-order valence-electron chi connectivity index (χ3n) is 4.71. The van der Waals surface area contributed by atoms with Crippen molar-refractivity contribution in [2.24, 2.45) is 0 Å². The number of rotatable bonds is 2. The second kappa shape index (κ2) is 5.20. The van der Waals surface area contributed by atoms with Gasteiger partial charge in [-0.2, -0.15) is 0 Å². The normalized spacial score (nSPS) is 28.9. The molecule has 1 fully saturated rings. The Labute approximate surface area is 120 Å². The quantitative estimate of drug-likeness (QED) is 0.617. The minimum Gasteiger partial charge on any atom is -0.320 e. The standard InChI is InChI=1S/C16H22N4/c1-4-13(11-6-8-18-9-11)16-14(5-1)15(19-20-16)12-3-2-7-17-10-12/h1,3-5,11,15,17-20H,2,6-10H2/t11-,15?/m0/s1. The van der Waals surface area contributed by atoms with Crippen LogP contribution in [0.4, 0.5) is 5.69 Å². The summed E-state index contributed by atoms with van der Waals surface area (Å²) >= 11 is 0. The average Bonchev–Trinajstić information content (AvgIpc) is 3.17. The maximum Gasteiger partial charge on any atom is 0.0753 e. The van der Waals surface area contributed by atoms with Gasteiger partial charge in [0.1, 0.15) is 0 Å². The fourth-order valence-corrected chi connectivity index (χ4v) is 3.63. The van der Waals surface area contributed by atoms with Crippen LogP contribution in [0.1, 0.15) is 35.9 Å². The first kappa shape index (κ1) is 12.4. The van der Waals surface area contributed by atoms with Crippen molar-refractivity contribution in [2.45, 2.75) is 24.8 Å². The Kier molecular flexibility index (Phi) is 3.22. The minimum atomic E-state index is 0.326. The summed E-state index contributed by atoms with van der Waals surface area (Å²) in [6, 6.07) is 7.08. The molecule has 3 aliphatic heterocycles. The summed E-state index contributed by atoms with van der Waals surface area (Å²) in [6.45, 7) is 4.34. The molecule has 4 nitrogen and oxygen atoms in total. The highest BCUT2D eigenvalue weighted by Gasteiger charge is 2.30. The molecular formula is C16H22N4. The van der Waals surface area contributed by atoms with Crippen LogP contribution in [0.3, 0.4) is 0 Å². The minimum absolute atomic E-state index is 0.326. The van der Waals surface area contributed by atoms with Crippen molar-refractivity contribution >= 4 is 5.69 Å². The summed E-state index contributed by atoms with van der Waals surface area (Å²) < 4.78 is 0. The molecule has 3 aliphatic rings. The largest absolute Gasteiger partial charge is 0.320 e. The lowest BCUT2D eigenvalue weighted by Crippen LogP contribution is -2.30. The third kappa shape index (κ3) is 2.04. The molecule has 20 heavy (non-hydrogen) atoms. The molecule has 0 bridgehead atoms. The van der Waals surface area contributed by atoms with Gasteiger partial charge >= 0.3 is 0 Å². The van der Waals surface area contributed by atoms with E-state index in [0.717, 1.165) is 32.6 Å². The molecule has 0 aromatic heterocycles. The zero-order chi connectivity index (χ0) is 13.4. The molecule has 1 aromatic carbocycles. The molecule has 0 spiro atoms. The molecule has 0 amide bonds. The van der Waals surface area contributed by atoms with Gasteiger partial charge in [0.25, 0.3) is 0 Å². The van der Waals surface area contributed by atoms with Gasteiger partial charge in [-0.1, -0.05) is 24.3 Å². The maximum absolute atomic E-state index is 3.48. The van der Waals surface area contributed by atoms with Crippen LogP contribution in [-0.4, -0.2) is 26.2 Å². The Morgan fingerprint density at radius 3 is 2.80 bits per heavy atom. The molecule has 0 aliphatic carbocycles. The Morgan fingerprint density at radius 2 is 2.00 bits per heavy atom. The van der Waals surface area contributed by atoms with Gasteiger partial charge in [0.2, 0.25) is 0 Å². The molecule has 4 N–H and O–H groups in total. The van der Waals surface area contributed by atoms with Crippen LogP contribution in [0.5, 0.6) is 0 Å². The number of hydrazine groups is 1. The summed E-state index contributed by atoms with van der Waals surface area (Å²) in [5.74, 6) is 0.650. The van der Waals surface area contributed by atoms with Crippen LogP contribution in [-0.2, 0) is 0 Å². The van der Waals surface area contributed by atoms with Crippen LogP contribution in [0.15, 0.2) is 29.8 Å². The monoisotopic (exact) mass is 270 g/mol. The van der Waals surface area contributed by atoms with Crippen LogP contribution >= 0.6 is 0 Å². The van der Waals surface area contributed by atoms with Gasteiger partial charge in [-0.05, 0) is 48.5 Å². The lowest BCUT2D eigenvalue weighted by Gasteiger charge is -2.20. The third-order valence-corrected chi connectivity index (χ3v) is 4.71. The molecule has 0 radical (unpaired) electrons. The van der Waals surface area contributed by atoms with E-state index in [-0.39, 0.29) is 0 Å². The predicted octanol–water partition coefficient (Wildman–Crippen LogP) is 1.65. The molecule has 0 saturated carbocycles. The number of hydrogen-bond acceptors (Lipinski definition) is 4. The van der Waals surface area contributed by atoms with E-state index in [9.17, 15) is 0 Å². The van der Waals surface area contributed by atoms with Gasteiger partial charge in [-0.25, -0.2) is 5.43 Å². The molecule has 106 valence electrons. The summed E-state index contributed by atoms with van der Waals surface area (Å²) in [4.78, 5) is 0. The molecule has 3 heterocycles. The van der Waals surface area contributed by atoms with Gasteiger partial charge in [0.05, 0.1) is 11.7 Å². The molecule has 4 heteroatoms. The Balaban J connectivity index is 1.68. The topological polar surface area (TPSA) is 48.1 Å². The van der Waals surface area contributed by atoms with Crippen molar-refractivity contribution < 1.29 is 0 Å². The van der Waals surface area contributed by atoms with Crippen molar-refractivity contribution in [2.75, 3.05) is 31.6 Å². The molecule has 2 atom stereocenters. The van der Waals surface area contributed by atoms with Crippen LogP contribution in [0, 0.1) is 0 Å². The van der Waals surface area contributed by atoms with Crippen molar-refractivity contribution in [3.63, 3.8) is 0 Å². The zero-order valence-corrected chi connectivity index (χ0v) is 11.7. The van der Waals surface area contributed by atoms with Crippen molar-refractivity contribution in [3.05, 3.63) is 41.0 Å². The smallest absolute Gasteiger partial charge is 0.0753 e. The molecule has 1 saturated heterocycles. The lowest BCUT2D eigenvalue weighted by molar-refractivity contribution is 0.616. The van der Waals surface area contributed by atoms with Crippen molar-refractivity contribution in [3.8, 4) is 0 Å². The Bertz CT molecular complexity index is 531. The van der Waals surface area contributed by atoms with Crippen molar-refractivity contribution in [1.29, 1.82) is 0 Å². The fourth-order valence-electron chi connectivity index (χ4n) is 3.63. The summed E-state index contributed by atoms with van der Waals surface area (Å²) in [5.41, 5.74) is 12.6. The van der Waals surface area contributed by atoms with Crippen LogP contribution in [0.25, 0.3) is 0 Å². The summed E-state index contributed by atoms with van der Waals surface area (Å²) in [5, 5.41) is 6.93. The fraction of sp³-hybridized carbons (Fsp3) is 0.500. The van der Waals surface area contributed by atoms with Crippen LogP contribution < -0.4 is 21.5 Å². The first-order valence-corrected chi connectivity index (χ1v) is 7.68. The number of hydrogen-bond donors (Lipinski definition) is 4. The number of anilines is 1. The van der Waals surface area contributed by atoms with E-state index in [2.05, 4.69) is 45.8 Å². The maximum atomic E-state index is 3.48. The Hall–Kier alpha value is -1.36. The average molecular weight is 270 g/mol. The zero-order valence-electron chi connectivity index (χ0n) is 11.7. The van der Waals surface area contributed by atoms with E-state index in [1.54, 1.807) is 0 Å².